The van der Waals surface area contributed by atoms with Crippen molar-refractivity contribution < 1.29 is 33.4 Å². The lowest BCUT2D eigenvalue weighted by molar-refractivity contribution is -0.154. The molecule has 0 saturated heterocycles. The summed E-state index contributed by atoms with van der Waals surface area (Å²) in [6.45, 7) is 9.68. The van der Waals surface area contributed by atoms with Crippen LogP contribution in [0.25, 0.3) is 10.9 Å². The third-order valence-electron chi connectivity index (χ3n) is 4.96. The van der Waals surface area contributed by atoms with E-state index in [4.69, 9.17) is 25.8 Å². The van der Waals surface area contributed by atoms with E-state index in [1.807, 2.05) is 0 Å². The second-order valence-corrected chi connectivity index (χ2v) is 8.59. The van der Waals surface area contributed by atoms with Gasteiger partial charge in [-0.1, -0.05) is 25.4 Å². The van der Waals surface area contributed by atoms with Crippen molar-refractivity contribution in [3.8, 4) is 0 Å². The van der Waals surface area contributed by atoms with Crippen LogP contribution in [0.4, 0.5) is 0 Å². The van der Waals surface area contributed by atoms with Crippen LogP contribution < -0.4 is 0 Å². The number of halogens is 1. The Kier molecular flexibility index (Phi) is 14.1. The molecule has 2 rings (SSSR count). The summed E-state index contributed by atoms with van der Waals surface area (Å²) >= 11 is 6.33. The number of nitrogens with one attached hydrogen (secondary N) is 1. The van der Waals surface area contributed by atoms with Crippen LogP contribution in [0, 0.1) is 16.7 Å². The Bertz CT molecular complexity index is 1010. The molecule has 0 amide bonds. The monoisotopic (exact) mass is 527 g/mol. The SMILES string of the molecule is CC(C)CCON=O.CCOC(=O)C[C@H](Cc1cc(Cl)c2[nH]ncc2c1COC(C)=O)C(=O)OCC. The molecule has 0 bridgehead atoms. The highest BCUT2D eigenvalue weighted by Crippen LogP contribution is 2.31. The predicted molar refractivity (Wildman–Crippen MR) is 133 cm³/mol. The average Bonchev–Trinajstić information content (AvgIpc) is 3.29. The summed E-state index contributed by atoms with van der Waals surface area (Å²) in [6.07, 6.45) is 2.52. The minimum absolute atomic E-state index is 0.00712. The number of hydrogen-bond acceptors (Lipinski definition) is 10. The Morgan fingerprint density at radius 1 is 1.14 bits per heavy atom. The summed E-state index contributed by atoms with van der Waals surface area (Å²) in [6, 6.07) is 1.68. The summed E-state index contributed by atoms with van der Waals surface area (Å²) in [5.74, 6) is -1.60. The topological polar surface area (TPSA) is 146 Å². The maximum atomic E-state index is 12.4. The molecule has 2 aromatic rings. The van der Waals surface area contributed by atoms with Crippen LogP contribution in [0.1, 0.15) is 58.6 Å². The third kappa shape index (κ3) is 10.6. The molecule has 0 aliphatic heterocycles. The summed E-state index contributed by atoms with van der Waals surface area (Å²) < 4.78 is 15.2. The molecule has 1 aromatic heterocycles. The number of fused-ring (bicyclic) bond motifs is 1. The number of carbonyl (C=O) groups is 3. The van der Waals surface area contributed by atoms with E-state index < -0.39 is 23.8 Å². The highest BCUT2D eigenvalue weighted by atomic mass is 35.5. The average molecular weight is 528 g/mol. The number of benzene rings is 1. The number of H-pyrrole nitrogens is 1. The minimum atomic E-state index is -0.754. The van der Waals surface area contributed by atoms with E-state index in [-0.39, 0.29) is 32.7 Å². The first-order valence-electron chi connectivity index (χ1n) is 11.7. The molecule has 12 heteroatoms. The lowest BCUT2D eigenvalue weighted by atomic mass is 9.92. The maximum Gasteiger partial charge on any atom is 0.309 e. The van der Waals surface area contributed by atoms with Crippen molar-refractivity contribution in [2.24, 2.45) is 17.2 Å². The van der Waals surface area contributed by atoms with Gasteiger partial charge in [-0.25, -0.2) is 0 Å². The van der Waals surface area contributed by atoms with E-state index in [0.29, 0.717) is 39.6 Å². The van der Waals surface area contributed by atoms with Crippen LogP contribution in [-0.4, -0.2) is 47.9 Å². The number of rotatable bonds is 13. The second-order valence-electron chi connectivity index (χ2n) is 8.19. The summed E-state index contributed by atoms with van der Waals surface area (Å²) in [7, 11) is 0. The lowest BCUT2D eigenvalue weighted by Crippen LogP contribution is -2.24. The van der Waals surface area contributed by atoms with Gasteiger partial charge in [-0.2, -0.15) is 5.10 Å². The normalized spacial score (nSPS) is 11.3. The zero-order valence-corrected chi connectivity index (χ0v) is 22.1. The zero-order chi connectivity index (χ0) is 27.1. The first kappa shape index (κ1) is 30.8. The fourth-order valence-electron chi connectivity index (χ4n) is 3.22. The number of hydrogen-bond donors (Lipinski definition) is 1. The van der Waals surface area contributed by atoms with Crippen molar-refractivity contribution in [2.75, 3.05) is 19.8 Å². The summed E-state index contributed by atoms with van der Waals surface area (Å²) in [5, 5.41) is 10.1. The molecular weight excluding hydrogens is 494 g/mol. The zero-order valence-electron chi connectivity index (χ0n) is 21.3. The molecule has 0 unspecified atom stereocenters. The molecule has 200 valence electrons. The molecule has 0 aliphatic rings. The summed E-state index contributed by atoms with van der Waals surface area (Å²) in [5.41, 5.74) is 1.94. The van der Waals surface area contributed by atoms with Gasteiger partial charge in [0.2, 0.25) is 0 Å². The Hall–Kier alpha value is -3.21. The standard InChI is InChI=1S/C19H23ClN2O6.C5H11NO2/c1-4-26-17(24)8-13(19(25)27-5-2)6-12-7-16(20)18-14(9-21-22-18)15(12)10-28-11(3)23;1-5(2)3-4-8-6-7/h7,9,13H,4-6,8,10H2,1-3H3,(H,21,22);5H,3-4H2,1-2H3/t13-;/m0./s1. The van der Waals surface area contributed by atoms with Crippen LogP contribution in [0.3, 0.4) is 0 Å². The van der Waals surface area contributed by atoms with Gasteiger partial charge in [0.1, 0.15) is 13.2 Å². The maximum absolute atomic E-state index is 12.4. The van der Waals surface area contributed by atoms with Crippen molar-refractivity contribution in [2.45, 2.75) is 60.5 Å². The molecule has 0 aliphatic carbocycles. The van der Waals surface area contributed by atoms with Crippen molar-refractivity contribution in [1.82, 2.24) is 10.2 Å². The molecule has 1 atom stereocenters. The second kappa shape index (κ2) is 16.5. The van der Waals surface area contributed by atoms with Crippen LogP contribution in [0.15, 0.2) is 17.6 Å². The molecule has 0 radical (unpaired) electrons. The van der Waals surface area contributed by atoms with Crippen LogP contribution in [0.2, 0.25) is 5.02 Å². The van der Waals surface area contributed by atoms with Gasteiger partial charge in [-0.3, -0.25) is 19.5 Å². The van der Waals surface area contributed by atoms with Crippen LogP contribution in [0.5, 0.6) is 0 Å². The Morgan fingerprint density at radius 2 is 1.83 bits per heavy atom. The number of aromatic amines is 1. The third-order valence-corrected chi connectivity index (χ3v) is 5.25. The van der Waals surface area contributed by atoms with Gasteiger partial charge in [0.05, 0.1) is 42.3 Å². The van der Waals surface area contributed by atoms with Gasteiger partial charge in [-0.05, 0) is 44.2 Å². The Labute approximate surface area is 215 Å². The highest BCUT2D eigenvalue weighted by Gasteiger charge is 2.27. The summed E-state index contributed by atoms with van der Waals surface area (Å²) in [4.78, 5) is 49.2. The number of aromatic nitrogens is 2. The van der Waals surface area contributed by atoms with Crippen molar-refractivity contribution in [1.29, 1.82) is 0 Å². The van der Waals surface area contributed by atoms with Crippen molar-refractivity contribution in [3.05, 3.63) is 33.3 Å². The predicted octanol–water partition coefficient (Wildman–Crippen LogP) is 4.68. The van der Waals surface area contributed by atoms with Gasteiger partial charge in [0.15, 0.2) is 5.34 Å². The van der Waals surface area contributed by atoms with Gasteiger partial charge in [-0.15, -0.1) is 4.91 Å². The van der Waals surface area contributed by atoms with E-state index >= 15 is 0 Å². The van der Waals surface area contributed by atoms with E-state index in [9.17, 15) is 19.3 Å². The first-order valence-corrected chi connectivity index (χ1v) is 12.1. The highest BCUT2D eigenvalue weighted by molar-refractivity contribution is 6.35. The molecular formula is C24H34ClN3O8. The first-order chi connectivity index (χ1) is 17.1. The van der Waals surface area contributed by atoms with E-state index in [1.165, 1.54) is 6.92 Å². The number of ether oxygens (including phenoxy) is 3. The van der Waals surface area contributed by atoms with Gasteiger partial charge in [0, 0.05) is 17.9 Å². The molecule has 1 heterocycles. The lowest BCUT2D eigenvalue weighted by Gasteiger charge is -2.18. The van der Waals surface area contributed by atoms with Gasteiger partial charge < -0.3 is 19.0 Å². The molecule has 11 nitrogen and oxygen atoms in total. The van der Waals surface area contributed by atoms with Crippen molar-refractivity contribution >= 4 is 40.4 Å². The number of carbonyl (C=O) groups excluding carboxylic acids is 3. The van der Waals surface area contributed by atoms with Gasteiger partial charge >= 0.3 is 17.9 Å². The Morgan fingerprint density at radius 3 is 2.42 bits per heavy atom. The molecule has 1 aromatic carbocycles. The molecule has 0 spiro atoms. The number of esters is 3. The van der Waals surface area contributed by atoms with E-state index in [2.05, 4.69) is 34.2 Å². The smallest absolute Gasteiger partial charge is 0.309 e. The molecule has 1 N–H and O–H groups in total. The molecule has 0 saturated carbocycles. The van der Waals surface area contributed by atoms with Gasteiger partial charge in [0.25, 0.3) is 0 Å². The van der Waals surface area contributed by atoms with Crippen LogP contribution >= 0.6 is 11.6 Å². The molecule has 36 heavy (non-hydrogen) atoms. The fourth-order valence-corrected chi connectivity index (χ4v) is 3.50. The fraction of sp³-hybridized carbons (Fsp3) is 0.583. The Balaban J connectivity index is 0.000000697. The van der Waals surface area contributed by atoms with E-state index in [0.717, 1.165) is 6.42 Å². The van der Waals surface area contributed by atoms with E-state index in [1.54, 1.807) is 26.1 Å². The minimum Gasteiger partial charge on any atom is -0.466 e. The van der Waals surface area contributed by atoms with Crippen LogP contribution in [-0.2, 0) is 46.5 Å². The van der Waals surface area contributed by atoms with Crippen molar-refractivity contribution in [3.63, 3.8) is 0 Å². The quantitative estimate of drug-likeness (QED) is 0.129. The molecule has 0 fully saturated rings. The number of nitrogens with zero attached hydrogens (tertiary/aromatic N) is 2. The largest absolute Gasteiger partial charge is 0.466 e.